The van der Waals surface area contributed by atoms with Gasteiger partial charge in [0.05, 0.1) is 0 Å². The first-order valence-electron chi connectivity index (χ1n) is 10.2. The lowest BCUT2D eigenvalue weighted by Crippen LogP contribution is -2.63. The van der Waals surface area contributed by atoms with E-state index in [2.05, 4.69) is 17.9 Å². The highest BCUT2D eigenvalue weighted by atomic mass is 16.1. The molecule has 26 heavy (non-hydrogen) atoms. The SMILES string of the molecule is C[C@H](C1CC1)N1CCC23CC(=O)CCC2C1Cc1ccc(C(N)=O)cc13. The van der Waals surface area contributed by atoms with Crippen LogP contribution in [-0.4, -0.2) is 35.2 Å². The van der Waals surface area contributed by atoms with Crippen LogP contribution in [0.5, 0.6) is 0 Å². The van der Waals surface area contributed by atoms with Crippen LogP contribution in [-0.2, 0) is 16.6 Å². The number of primary amides is 1. The van der Waals surface area contributed by atoms with Gasteiger partial charge in [-0.05, 0) is 80.7 Å². The minimum atomic E-state index is -0.371. The van der Waals surface area contributed by atoms with Crippen molar-refractivity contribution in [1.29, 1.82) is 0 Å². The van der Waals surface area contributed by atoms with E-state index >= 15 is 0 Å². The molecule has 1 aliphatic heterocycles. The zero-order valence-electron chi connectivity index (χ0n) is 15.5. The number of carbonyl (C=O) groups is 2. The van der Waals surface area contributed by atoms with Crippen LogP contribution < -0.4 is 5.73 Å². The molecule has 2 bridgehead atoms. The highest BCUT2D eigenvalue weighted by Crippen LogP contribution is 2.56. The third kappa shape index (κ3) is 2.31. The third-order valence-electron chi connectivity index (χ3n) is 7.85. The molecule has 0 radical (unpaired) electrons. The summed E-state index contributed by atoms with van der Waals surface area (Å²) in [6, 6.07) is 7.18. The number of Topliss-reactive ketones (excluding diaryl/α,β-unsaturated/α-hetero) is 1. The van der Waals surface area contributed by atoms with Crippen LogP contribution in [0.25, 0.3) is 0 Å². The van der Waals surface area contributed by atoms with E-state index in [1.807, 2.05) is 12.1 Å². The first kappa shape index (κ1) is 16.5. The lowest BCUT2D eigenvalue weighted by molar-refractivity contribution is -0.128. The first-order chi connectivity index (χ1) is 12.5. The third-order valence-corrected chi connectivity index (χ3v) is 7.85. The minimum Gasteiger partial charge on any atom is -0.366 e. The molecule has 3 fully saturated rings. The molecule has 3 aliphatic carbocycles. The summed E-state index contributed by atoms with van der Waals surface area (Å²) in [7, 11) is 0. The number of likely N-dealkylation sites (tertiary alicyclic amines) is 1. The number of rotatable bonds is 3. The van der Waals surface area contributed by atoms with E-state index in [0.717, 1.165) is 38.1 Å². The summed E-state index contributed by atoms with van der Waals surface area (Å²) in [6.07, 6.45) is 7.19. The van der Waals surface area contributed by atoms with Crippen molar-refractivity contribution in [2.75, 3.05) is 6.54 Å². The van der Waals surface area contributed by atoms with Crippen LogP contribution in [0.4, 0.5) is 0 Å². The largest absolute Gasteiger partial charge is 0.366 e. The van der Waals surface area contributed by atoms with E-state index in [1.165, 1.54) is 24.0 Å². The maximum absolute atomic E-state index is 12.5. The van der Waals surface area contributed by atoms with Crippen LogP contribution in [0.15, 0.2) is 18.2 Å². The van der Waals surface area contributed by atoms with Crippen LogP contribution in [0.3, 0.4) is 0 Å². The molecule has 2 saturated carbocycles. The van der Waals surface area contributed by atoms with E-state index in [4.69, 9.17) is 5.73 Å². The summed E-state index contributed by atoms with van der Waals surface area (Å²) >= 11 is 0. The molecule has 5 rings (SSSR count). The molecular weight excluding hydrogens is 324 g/mol. The number of nitrogens with zero attached hydrogens (tertiary/aromatic N) is 1. The van der Waals surface area contributed by atoms with Crippen molar-refractivity contribution in [1.82, 2.24) is 4.90 Å². The Bertz CT molecular complexity index is 784. The number of piperidine rings is 1. The number of nitrogens with two attached hydrogens (primary N) is 1. The molecule has 4 atom stereocenters. The molecule has 1 heterocycles. The molecule has 1 saturated heterocycles. The standard InChI is InChI=1S/C22H28N2O2/c1-13(14-2-3-14)24-9-8-22-12-17(25)6-7-18(22)20(24)11-15-4-5-16(21(23)26)10-19(15)22/h4-5,10,13-14,18,20H,2-3,6-9,11-12H2,1H3,(H2,23,26)/t13-,18?,20?,22?/m1/s1. The number of benzene rings is 1. The summed E-state index contributed by atoms with van der Waals surface area (Å²) in [4.78, 5) is 27.0. The molecule has 0 spiro atoms. The van der Waals surface area contributed by atoms with Gasteiger partial charge in [-0.2, -0.15) is 0 Å². The van der Waals surface area contributed by atoms with Crippen molar-refractivity contribution in [3.05, 3.63) is 34.9 Å². The van der Waals surface area contributed by atoms with Crippen LogP contribution >= 0.6 is 0 Å². The predicted molar refractivity (Wildman–Crippen MR) is 100.0 cm³/mol. The molecule has 2 N–H and O–H groups in total. The van der Waals surface area contributed by atoms with E-state index < -0.39 is 0 Å². The van der Waals surface area contributed by atoms with Crippen molar-refractivity contribution >= 4 is 11.7 Å². The van der Waals surface area contributed by atoms with Crippen LogP contribution in [0.2, 0.25) is 0 Å². The Balaban J connectivity index is 1.61. The number of amides is 1. The highest BCUT2D eigenvalue weighted by Gasteiger charge is 2.56. The van der Waals surface area contributed by atoms with Gasteiger partial charge in [0.15, 0.2) is 0 Å². The topological polar surface area (TPSA) is 63.4 Å². The van der Waals surface area contributed by atoms with Gasteiger partial charge in [0.2, 0.25) is 5.91 Å². The molecule has 138 valence electrons. The zero-order chi connectivity index (χ0) is 18.1. The second-order valence-electron chi connectivity index (χ2n) is 9.09. The fraction of sp³-hybridized carbons (Fsp3) is 0.636. The van der Waals surface area contributed by atoms with Crippen LogP contribution in [0, 0.1) is 11.8 Å². The van der Waals surface area contributed by atoms with Gasteiger partial charge < -0.3 is 5.73 Å². The summed E-state index contributed by atoms with van der Waals surface area (Å²) in [5.41, 5.74) is 8.65. The predicted octanol–water partition coefficient (Wildman–Crippen LogP) is 2.82. The number of carbonyl (C=O) groups excluding carboxylic acids is 2. The quantitative estimate of drug-likeness (QED) is 0.910. The van der Waals surface area contributed by atoms with Gasteiger partial charge in [-0.3, -0.25) is 14.5 Å². The Morgan fingerprint density at radius 3 is 2.85 bits per heavy atom. The smallest absolute Gasteiger partial charge is 0.248 e. The van der Waals surface area contributed by atoms with E-state index in [0.29, 0.717) is 35.8 Å². The van der Waals surface area contributed by atoms with Gasteiger partial charge in [-0.25, -0.2) is 0 Å². The summed E-state index contributed by atoms with van der Waals surface area (Å²) in [5.74, 6) is 1.42. The van der Waals surface area contributed by atoms with Gasteiger partial charge in [0, 0.05) is 35.9 Å². The van der Waals surface area contributed by atoms with Crippen LogP contribution in [0.1, 0.15) is 66.9 Å². The molecule has 4 heteroatoms. The Morgan fingerprint density at radius 1 is 1.31 bits per heavy atom. The molecule has 3 unspecified atom stereocenters. The Labute approximate surface area is 155 Å². The first-order valence-corrected chi connectivity index (χ1v) is 10.2. The summed E-state index contributed by atoms with van der Waals surface area (Å²) in [6.45, 7) is 3.48. The molecular formula is C22H28N2O2. The lowest BCUT2D eigenvalue weighted by Gasteiger charge is -2.60. The van der Waals surface area contributed by atoms with Crippen molar-refractivity contribution < 1.29 is 9.59 Å². The Kier molecular flexibility index (Phi) is 3.59. The average molecular weight is 352 g/mol. The molecule has 4 aliphatic rings. The fourth-order valence-electron chi connectivity index (χ4n) is 6.36. The van der Waals surface area contributed by atoms with Crippen molar-refractivity contribution in [3.63, 3.8) is 0 Å². The number of fused-ring (bicyclic) bond motifs is 1. The molecule has 1 aromatic carbocycles. The molecule has 1 aromatic rings. The van der Waals surface area contributed by atoms with E-state index in [-0.39, 0.29) is 11.3 Å². The van der Waals surface area contributed by atoms with Crippen molar-refractivity contribution in [2.24, 2.45) is 17.6 Å². The monoisotopic (exact) mass is 352 g/mol. The van der Waals surface area contributed by atoms with Gasteiger partial charge in [-0.1, -0.05) is 6.07 Å². The fourth-order valence-corrected chi connectivity index (χ4v) is 6.36. The number of hydrogen-bond acceptors (Lipinski definition) is 3. The number of ketones is 1. The van der Waals surface area contributed by atoms with Crippen molar-refractivity contribution in [3.8, 4) is 0 Å². The normalized spacial score (nSPS) is 34.7. The summed E-state index contributed by atoms with van der Waals surface area (Å²) < 4.78 is 0. The maximum Gasteiger partial charge on any atom is 0.248 e. The molecule has 4 nitrogen and oxygen atoms in total. The van der Waals surface area contributed by atoms with Gasteiger partial charge in [0.1, 0.15) is 5.78 Å². The minimum absolute atomic E-state index is 0.0706. The van der Waals surface area contributed by atoms with Gasteiger partial charge in [0.25, 0.3) is 0 Å². The van der Waals surface area contributed by atoms with E-state index in [9.17, 15) is 9.59 Å². The highest BCUT2D eigenvalue weighted by molar-refractivity contribution is 5.93. The van der Waals surface area contributed by atoms with Crippen molar-refractivity contribution in [2.45, 2.75) is 69.4 Å². The Morgan fingerprint density at radius 2 is 2.12 bits per heavy atom. The zero-order valence-corrected chi connectivity index (χ0v) is 15.5. The second-order valence-corrected chi connectivity index (χ2v) is 9.09. The van der Waals surface area contributed by atoms with E-state index in [1.54, 1.807) is 0 Å². The average Bonchev–Trinajstić information content (AvgIpc) is 3.45. The second kappa shape index (κ2) is 5.66. The Hall–Kier alpha value is -1.68. The van der Waals surface area contributed by atoms with Gasteiger partial charge >= 0.3 is 0 Å². The maximum atomic E-state index is 12.5. The lowest BCUT2D eigenvalue weighted by atomic mass is 9.52. The van der Waals surface area contributed by atoms with Gasteiger partial charge in [-0.15, -0.1) is 0 Å². The summed E-state index contributed by atoms with van der Waals surface area (Å²) in [5, 5.41) is 0. The molecule has 0 aromatic heterocycles. The molecule has 1 amide bonds. The number of hydrogen-bond donors (Lipinski definition) is 1.